The standard InChI is InChI=1S/C35H27BrFN3O4S/c1-22(33(41)39-30-18-12-25(36)20-29(30)37)45-28-16-13-26(14-17-28)38-35(43)31(40-34(42)24-10-6-3-7-11-24)21-27-15-19-32(44-27)23-8-4-2-5-9-23/h2-22H,1H3,(H,38,43)(H,39,41)(H,40,42)/b31-21+/t22-/m1/s1. The molecule has 45 heavy (non-hydrogen) atoms. The van der Waals surface area contributed by atoms with Gasteiger partial charge >= 0.3 is 0 Å². The van der Waals surface area contributed by atoms with Crippen molar-refractivity contribution in [1.82, 2.24) is 5.32 Å². The highest BCUT2D eigenvalue weighted by molar-refractivity contribution is 9.10. The lowest BCUT2D eigenvalue weighted by molar-refractivity contribution is -0.115. The van der Waals surface area contributed by atoms with Gasteiger partial charge in [0.15, 0.2) is 0 Å². The van der Waals surface area contributed by atoms with E-state index >= 15 is 0 Å². The van der Waals surface area contributed by atoms with Crippen LogP contribution in [0.3, 0.4) is 0 Å². The lowest BCUT2D eigenvalue weighted by Crippen LogP contribution is -2.30. The number of furan rings is 1. The zero-order valence-electron chi connectivity index (χ0n) is 23.9. The van der Waals surface area contributed by atoms with E-state index in [-0.39, 0.29) is 17.3 Å². The molecule has 0 saturated carbocycles. The fourth-order valence-electron chi connectivity index (χ4n) is 4.17. The van der Waals surface area contributed by atoms with E-state index < -0.39 is 22.9 Å². The summed E-state index contributed by atoms with van der Waals surface area (Å²) in [6, 6.07) is 32.9. The molecule has 3 amide bonds. The quantitative estimate of drug-likeness (QED) is 0.101. The first kappa shape index (κ1) is 31.5. The van der Waals surface area contributed by atoms with Crippen molar-refractivity contribution in [1.29, 1.82) is 0 Å². The van der Waals surface area contributed by atoms with E-state index in [1.807, 2.05) is 30.3 Å². The number of rotatable bonds is 10. The Kier molecular flexibility index (Phi) is 10.3. The molecule has 0 aliphatic rings. The first-order valence-corrected chi connectivity index (χ1v) is 15.5. The van der Waals surface area contributed by atoms with Gasteiger partial charge in [-0.25, -0.2) is 4.39 Å². The Hall–Kier alpha value is -4.93. The number of carbonyl (C=O) groups is 3. The molecule has 0 fully saturated rings. The minimum Gasteiger partial charge on any atom is -0.457 e. The third-order valence-corrected chi connectivity index (χ3v) is 8.09. The van der Waals surface area contributed by atoms with Gasteiger partial charge in [0.2, 0.25) is 5.91 Å². The first-order chi connectivity index (χ1) is 21.7. The van der Waals surface area contributed by atoms with Crippen molar-refractivity contribution in [3.05, 3.63) is 143 Å². The summed E-state index contributed by atoms with van der Waals surface area (Å²) in [6.45, 7) is 1.72. The molecule has 1 heterocycles. The molecule has 5 rings (SSSR count). The average Bonchev–Trinajstić information content (AvgIpc) is 3.52. The van der Waals surface area contributed by atoms with E-state index in [9.17, 15) is 18.8 Å². The van der Waals surface area contributed by atoms with E-state index in [0.717, 1.165) is 10.5 Å². The zero-order chi connectivity index (χ0) is 31.8. The summed E-state index contributed by atoms with van der Waals surface area (Å²) in [5.41, 5.74) is 1.83. The molecule has 1 aromatic heterocycles. The van der Waals surface area contributed by atoms with Crippen molar-refractivity contribution in [2.24, 2.45) is 0 Å². The Morgan fingerprint density at radius 3 is 2.22 bits per heavy atom. The molecule has 0 saturated heterocycles. The number of hydrogen-bond donors (Lipinski definition) is 3. The van der Waals surface area contributed by atoms with Gasteiger partial charge in [0, 0.05) is 32.3 Å². The van der Waals surface area contributed by atoms with Crippen molar-refractivity contribution < 1.29 is 23.2 Å². The second kappa shape index (κ2) is 14.7. The van der Waals surface area contributed by atoms with Crippen molar-refractivity contribution in [3.63, 3.8) is 0 Å². The molecule has 0 aliphatic heterocycles. The minimum absolute atomic E-state index is 0.0123. The SMILES string of the molecule is C[C@@H](Sc1ccc(NC(=O)/C(=C\c2ccc(-c3ccccc3)o2)NC(=O)c2ccccc2)cc1)C(=O)Nc1ccc(Br)cc1F. The molecule has 226 valence electrons. The van der Waals surface area contributed by atoms with Crippen molar-refractivity contribution in [2.75, 3.05) is 10.6 Å². The predicted molar refractivity (Wildman–Crippen MR) is 179 cm³/mol. The van der Waals surface area contributed by atoms with Gasteiger partial charge in [-0.2, -0.15) is 0 Å². The van der Waals surface area contributed by atoms with Crippen LogP contribution in [0.25, 0.3) is 17.4 Å². The molecule has 0 spiro atoms. The first-order valence-electron chi connectivity index (χ1n) is 13.8. The molecule has 4 aromatic carbocycles. The maximum atomic E-state index is 14.1. The van der Waals surface area contributed by atoms with Gasteiger partial charge in [0.1, 0.15) is 23.0 Å². The third-order valence-electron chi connectivity index (χ3n) is 6.48. The summed E-state index contributed by atoms with van der Waals surface area (Å²) in [4.78, 5) is 39.8. The molecule has 10 heteroatoms. The summed E-state index contributed by atoms with van der Waals surface area (Å²) in [7, 11) is 0. The van der Waals surface area contributed by atoms with Crippen LogP contribution in [0.2, 0.25) is 0 Å². The molecule has 5 aromatic rings. The molecule has 0 aliphatic carbocycles. The Bertz CT molecular complexity index is 1840. The maximum absolute atomic E-state index is 14.1. The lowest BCUT2D eigenvalue weighted by Gasteiger charge is -2.14. The molecular weight excluding hydrogens is 657 g/mol. The predicted octanol–water partition coefficient (Wildman–Crippen LogP) is 8.38. The number of benzene rings is 4. The average molecular weight is 685 g/mol. The van der Waals surface area contributed by atoms with Gasteiger partial charge in [-0.15, -0.1) is 11.8 Å². The molecular formula is C35H27BrFN3O4S. The van der Waals surface area contributed by atoms with Crippen LogP contribution in [0.15, 0.2) is 135 Å². The summed E-state index contributed by atoms with van der Waals surface area (Å²) in [6.07, 6.45) is 1.47. The maximum Gasteiger partial charge on any atom is 0.272 e. The van der Waals surface area contributed by atoms with Gasteiger partial charge < -0.3 is 20.4 Å². The number of nitrogens with one attached hydrogen (secondary N) is 3. The number of halogens is 2. The van der Waals surface area contributed by atoms with Gasteiger partial charge in [-0.3, -0.25) is 14.4 Å². The highest BCUT2D eigenvalue weighted by Crippen LogP contribution is 2.27. The van der Waals surface area contributed by atoms with Crippen LogP contribution in [0.1, 0.15) is 23.0 Å². The summed E-state index contributed by atoms with van der Waals surface area (Å²) in [5, 5.41) is 7.59. The third kappa shape index (κ3) is 8.59. The van der Waals surface area contributed by atoms with Crippen molar-refractivity contribution in [2.45, 2.75) is 17.1 Å². The smallest absolute Gasteiger partial charge is 0.272 e. The largest absolute Gasteiger partial charge is 0.457 e. The van der Waals surface area contributed by atoms with Crippen LogP contribution in [0.5, 0.6) is 0 Å². The molecule has 7 nitrogen and oxygen atoms in total. The molecule has 0 bridgehead atoms. The number of carbonyl (C=O) groups excluding carboxylic acids is 3. The van der Waals surface area contributed by atoms with Gasteiger partial charge in [0.05, 0.1) is 10.9 Å². The van der Waals surface area contributed by atoms with E-state index in [4.69, 9.17) is 4.42 Å². The molecule has 0 unspecified atom stereocenters. The number of hydrogen-bond acceptors (Lipinski definition) is 5. The normalized spacial score (nSPS) is 11.8. The van der Waals surface area contributed by atoms with E-state index in [0.29, 0.717) is 27.2 Å². The van der Waals surface area contributed by atoms with Crippen LogP contribution >= 0.6 is 27.7 Å². The van der Waals surface area contributed by atoms with E-state index in [1.165, 1.54) is 30.0 Å². The number of amides is 3. The molecule has 3 N–H and O–H groups in total. The van der Waals surface area contributed by atoms with Crippen LogP contribution in [0, 0.1) is 5.82 Å². The Morgan fingerprint density at radius 2 is 1.53 bits per heavy atom. The summed E-state index contributed by atoms with van der Waals surface area (Å²) >= 11 is 4.48. The second-order valence-corrected chi connectivity index (χ2v) is 12.1. The zero-order valence-corrected chi connectivity index (χ0v) is 26.3. The van der Waals surface area contributed by atoms with Crippen LogP contribution in [0.4, 0.5) is 15.8 Å². The molecule has 0 radical (unpaired) electrons. The van der Waals surface area contributed by atoms with Gasteiger partial charge in [0.25, 0.3) is 11.8 Å². The Morgan fingerprint density at radius 1 is 0.844 bits per heavy atom. The Balaban J connectivity index is 1.27. The van der Waals surface area contributed by atoms with Crippen LogP contribution in [-0.4, -0.2) is 23.0 Å². The van der Waals surface area contributed by atoms with E-state index in [1.54, 1.807) is 79.7 Å². The van der Waals surface area contributed by atoms with Crippen LogP contribution in [-0.2, 0) is 9.59 Å². The summed E-state index contributed by atoms with van der Waals surface area (Å²) in [5.74, 6) is -0.887. The highest BCUT2D eigenvalue weighted by Gasteiger charge is 2.18. The molecule has 1 atom stereocenters. The Labute approximate surface area is 272 Å². The fraction of sp³-hybridized carbons (Fsp3) is 0.0571. The summed E-state index contributed by atoms with van der Waals surface area (Å²) < 4.78 is 20.7. The highest BCUT2D eigenvalue weighted by atomic mass is 79.9. The van der Waals surface area contributed by atoms with Crippen molar-refractivity contribution >= 4 is 62.9 Å². The topological polar surface area (TPSA) is 100 Å². The number of thioether (sulfide) groups is 1. The number of anilines is 2. The van der Waals surface area contributed by atoms with E-state index in [2.05, 4.69) is 31.9 Å². The fourth-order valence-corrected chi connectivity index (χ4v) is 5.37. The van der Waals surface area contributed by atoms with Gasteiger partial charge in [-0.1, -0.05) is 64.5 Å². The monoisotopic (exact) mass is 683 g/mol. The van der Waals surface area contributed by atoms with Gasteiger partial charge in [-0.05, 0) is 73.7 Å². The minimum atomic E-state index is -0.554. The second-order valence-electron chi connectivity index (χ2n) is 9.80. The van der Waals surface area contributed by atoms with Crippen LogP contribution < -0.4 is 16.0 Å². The van der Waals surface area contributed by atoms with Crippen molar-refractivity contribution in [3.8, 4) is 11.3 Å². The lowest BCUT2D eigenvalue weighted by atomic mass is 10.2.